The molecule has 0 radical (unpaired) electrons. The predicted octanol–water partition coefficient (Wildman–Crippen LogP) is 1.26. The molecule has 1 aliphatic rings. The normalized spacial score (nSPS) is 23.1. The van der Waals surface area contributed by atoms with Crippen molar-refractivity contribution in [3.63, 3.8) is 0 Å². The first-order chi connectivity index (χ1) is 8.19. The van der Waals surface area contributed by atoms with Gasteiger partial charge in [-0.15, -0.1) is 0 Å². The van der Waals surface area contributed by atoms with Gasteiger partial charge in [-0.05, 0) is 36.9 Å². The summed E-state index contributed by atoms with van der Waals surface area (Å²) in [6.45, 7) is 0.593. The van der Waals surface area contributed by atoms with E-state index in [0.29, 0.717) is 24.6 Å². The van der Waals surface area contributed by atoms with Gasteiger partial charge in [0.2, 0.25) is 0 Å². The van der Waals surface area contributed by atoms with Crippen LogP contribution in [0.5, 0.6) is 11.5 Å². The number of aliphatic hydroxyl groups excluding tert-OH is 1. The van der Waals surface area contributed by atoms with E-state index in [1.165, 1.54) is 0 Å². The zero-order chi connectivity index (χ0) is 12.4. The highest BCUT2D eigenvalue weighted by molar-refractivity contribution is 5.49. The first-order valence-electron chi connectivity index (χ1n) is 5.82. The lowest BCUT2D eigenvalue weighted by molar-refractivity contribution is 0.130. The molecule has 4 heteroatoms. The van der Waals surface area contributed by atoms with E-state index in [0.717, 1.165) is 23.3 Å². The second-order valence-electron chi connectivity index (χ2n) is 4.46. The fraction of sp³-hybridized carbons (Fsp3) is 0.538. The molecule has 2 rings (SSSR count). The van der Waals surface area contributed by atoms with E-state index in [-0.39, 0.29) is 0 Å². The maximum Gasteiger partial charge on any atom is 0.128 e. The Morgan fingerprint density at radius 2 is 2.12 bits per heavy atom. The number of rotatable bonds is 3. The Bertz CT molecular complexity index is 406. The number of nitrogens with two attached hydrogens (primary N) is 1. The van der Waals surface area contributed by atoms with Crippen LogP contribution < -0.4 is 15.2 Å². The van der Waals surface area contributed by atoms with Crippen molar-refractivity contribution in [1.29, 1.82) is 0 Å². The third-order valence-corrected chi connectivity index (χ3v) is 3.39. The highest BCUT2D eigenvalue weighted by Gasteiger charge is 2.28. The first-order valence-corrected chi connectivity index (χ1v) is 5.82. The number of ether oxygens (including phenoxy) is 2. The molecule has 0 saturated heterocycles. The van der Waals surface area contributed by atoms with Crippen LogP contribution in [0.3, 0.4) is 0 Å². The Morgan fingerprint density at radius 1 is 1.35 bits per heavy atom. The summed E-state index contributed by atoms with van der Waals surface area (Å²) in [7, 11) is 3.23. The van der Waals surface area contributed by atoms with Crippen molar-refractivity contribution in [2.75, 3.05) is 20.8 Å². The van der Waals surface area contributed by atoms with Gasteiger partial charge in [-0.3, -0.25) is 0 Å². The molecule has 0 aromatic heterocycles. The van der Waals surface area contributed by atoms with Crippen molar-refractivity contribution >= 4 is 0 Å². The van der Waals surface area contributed by atoms with Crippen molar-refractivity contribution in [3.05, 3.63) is 23.3 Å². The maximum atomic E-state index is 10.2. The molecule has 1 aromatic rings. The molecule has 17 heavy (non-hydrogen) atoms. The highest BCUT2D eigenvalue weighted by atomic mass is 16.5. The van der Waals surface area contributed by atoms with Gasteiger partial charge >= 0.3 is 0 Å². The minimum atomic E-state index is -0.492. The fourth-order valence-electron chi connectivity index (χ4n) is 2.50. The second kappa shape index (κ2) is 4.94. The van der Waals surface area contributed by atoms with Crippen LogP contribution in [0.25, 0.3) is 0 Å². The molecular weight excluding hydrogens is 218 g/mol. The minimum absolute atomic E-state index is 0.328. The molecule has 2 atom stereocenters. The molecular formula is C13H19NO3. The van der Waals surface area contributed by atoms with E-state index in [2.05, 4.69) is 0 Å². The molecule has 0 bridgehead atoms. The van der Waals surface area contributed by atoms with Gasteiger partial charge in [-0.1, -0.05) is 0 Å². The molecule has 0 aliphatic heterocycles. The zero-order valence-electron chi connectivity index (χ0n) is 10.3. The Hall–Kier alpha value is -1.26. The molecule has 0 spiro atoms. The molecule has 4 nitrogen and oxygen atoms in total. The lowest BCUT2D eigenvalue weighted by atomic mass is 9.81. The molecule has 0 saturated carbocycles. The summed E-state index contributed by atoms with van der Waals surface area (Å²) in [6, 6.07) is 3.77. The smallest absolute Gasteiger partial charge is 0.128 e. The van der Waals surface area contributed by atoms with Gasteiger partial charge in [0.1, 0.15) is 11.5 Å². The monoisotopic (exact) mass is 237 g/mol. The van der Waals surface area contributed by atoms with Crippen molar-refractivity contribution in [2.45, 2.75) is 18.9 Å². The number of hydrogen-bond acceptors (Lipinski definition) is 4. The van der Waals surface area contributed by atoms with Crippen LogP contribution in [0.2, 0.25) is 0 Å². The summed E-state index contributed by atoms with van der Waals surface area (Å²) in [5.74, 6) is 1.78. The molecule has 2 unspecified atom stereocenters. The third-order valence-electron chi connectivity index (χ3n) is 3.39. The Labute approximate surface area is 101 Å². The Morgan fingerprint density at radius 3 is 2.71 bits per heavy atom. The van der Waals surface area contributed by atoms with Gasteiger partial charge in [0.15, 0.2) is 0 Å². The average Bonchev–Trinajstić information content (AvgIpc) is 2.36. The SMILES string of the molecule is COc1cc2c(c(OC)c1)C(O)CC(CN)C2. The van der Waals surface area contributed by atoms with E-state index in [4.69, 9.17) is 15.2 Å². The van der Waals surface area contributed by atoms with Crippen LogP contribution in [0.1, 0.15) is 23.7 Å². The van der Waals surface area contributed by atoms with Crippen LogP contribution >= 0.6 is 0 Å². The standard InChI is InChI=1S/C13H19NO3/c1-16-10-5-9-3-8(7-14)4-11(15)13(9)12(6-10)17-2/h5-6,8,11,15H,3-4,7,14H2,1-2H3. The van der Waals surface area contributed by atoms with Crippen LogP contribution in [-0.2, 0) is 6.42 Å². The number of methoxy groups -OCH3 is 2. The molecule has 1 aromatic carbocycles. The lowest BCUT2D eigenvalue weighted by Gasteiger charge is -2.29. The number of fused-ring (bicyclic) bond motifs is 1. The largest absolute Gasteiger partial charge is 0.497 e. The van der Waals surface area contributed by atoms with E-state index in [1.54, 1.807) is 14.2 Å². The van der Waals surface area contributed by atoms with Gasteiger partial charge in [0.05, 0.1) is 20.3 Å². The van der Waals surface area contributed by atoms with Crippen LogP contribution in [0.15, 0.2) is 12.1 Å². The number of benzene rings is 1. The molecule has 3 N–H and O–H groups in total. The van der Waals surface area contributed by atoms with Crippen molar-refractivity contribution in [1.82, 2.24) is 0 Å². The van der Waals surface area contributed by atoms with Gasteiger partial charge < -0.3 is 20.3 Å². The second-order valence-corrected chi connectivity index (χ2v) is 4.46. The van der Waals surface area contributed by atoms with Crippen LogP contribution in [0, 0.1) is 5.92 Å². The lowest BCUT2D eigenvalue weighted by Crippen LogP contribution is -2.25. The molecule has 1 aliphatic carbocycles. The predicted molar refractivity (Wildman–Crippen MR) is 65.4 cm³/mol. The van der Waals surface area contributed by atoms with Crippen molar-refractivity contribution < 1.29 is 14.6 Å². The van der Waals surface area contributed by atoms with Gasteiger partial charge in [0.25, 0.3) is 0 Å². The number of hydrogen-bond donors (Lipinski definition) is 2. The van der Waals surface area contributed by atoms with Gasteiger partial charge in [-0.2, -0.15) is 0 Å². The molecule has 94 valence electrons. The van der Waals surface area contributed by atoms with Gasteiger partial charge in [0, 0.05) is 11.6 Å². The fourth-order valence-corrected chi connectivity index (χ4v) is 2.50. The molecule has 0 amide bonds. The van der Waals surface area contributed by atoms with E-state index >= 15 is 0 Å². The summed E-state index contributed by atoms with van der Waals surface area (Å²) >= 11 is 0. The summed E-state index contributed by atoms with van der Waals surface area (Å²) in [5.41, 5.74) is 7.66. The minimum Gasteiger partial charge on any atom is -0.497 e. The quantitative estimate of drug-likeness (QED) is 0.830. The van der Waals surface area contributed by atoms with Crippen molar-refractivity contribution in [3.8, 4) is 11.5 Å². The highest BCUT2D eigenvalue weighted by Crippen LogP contribution is 2.40. The van der Waals surface area contributed by atoms with Crippen molar-refractivity contribution in [2.24, 2.45) is 11.7 Å². The summed E-state index contributed by atoms with van der Waals surface area (Å²) in [6.07, 6.45) is 1.08. The summed E-state index contributed by atoms with van der Waals surface area (Å²) in [4.78, 5) is 0. The summed E-state index contributed by atoms with van der Waals surface area (Å²) < 4.78 is 10.6. The topological polar surface area (TPSA) is 64.7 Å². The maximum absolute atomic E-state index is 10.2. The molecule has 0 heterocycles. The summed E-state index contributed by atoms with van der Waals surface area (Å²) in [5, 5.41) is 10.2. The molecule has 0 fully saturated rings. The van der Waals surface area contributed by atoms with Crippen LogP contribution in [0.4, 0.5) is 0 Å². The zero-order valence-corrected chi connectivity index (χ0v) is 10.3. The van der Waals surface area contributed by atoms with E-state index in [1.807, 2.05) is 12.1 Å². The van der Waals surface area contributed by atoms with Gasteiger partial charge in [-0.25, -0.2) is 0 Å². The Kier molecular flexibility index (Phi) is 3.54. The van der Waals surface area contributed by atoms with Crippen LogP contribution in [-0.4, -0.2) is 25.9 Å². The third kappa shape index (κ3) is 2.23. The van der Waals surface area contributed by atoms with E-state index in [9.17, 15) is 5.11 Å². The number of aliphatic hydroxyl groups is 1. The Balaban J connectivity index is 2.46. The average molecular weight is 237 g/mol. The first kappa shape index (κ1) is 12.2. The van der Waals surface area contributed by atoms with E-state index < -0.39 is 6.10 Å².